The first-order valence-electron chi connectivity index (χ1n) is 3.53. The predicted octanol–water partition coefficient (Wildman–Crippen LogP) is 1.80. The molecule has 0 aliphatic heterocycles. The summed E-state index contributed by atoms with van der Waals surface area (Å²) in [5.41, 5.74) is 5.45. The Morgan fingerprint density at radius 2 is 2.11 bits per heavy atom. The first-order valence-corrected chi connectivity index (χ1v) is 3.53. The first-order chi connectivity index (χ1) is 3.83. The van der Waals surface area contributed by atoms with E-state index in [1.165, 1.54) is 19.3 Å². The molecule has 0 heterocycles. The lowest BCUT2D eigenvalue weighted by atomic mass is 10.1. The molecule has 0 aromatic carbocycles. The summed E-state index contributed by atoms with van der Waals surface area (Å²) in [4.78, 5) is 0. The minimum Gasteiger partial charge on any atom is -0.330 e. The van der Waals surface area contributed by atoms with Crippen LogP contribution in [0.5, 0.6) is 0 Å². The third-order valence-electron chi connectivity index (χ3n) is 1.83. The van der Waals surface area contributed by atoms with Crippen molar-refractivity contribution in [2.75, 3.05) is 6.54 Å². The molecular formula is C7H16ClN. The summed E-state index contributed by atoms with van der Waals surface area (Å²) in [6.45, 7) is 3.11. The molecule has 0 amide bonds. The van der Waals surface area contributed by atoms with Gasteiger partial charge in [0.15, 0.2) is 0 Å². The van der Waals surface area contributed by atoms with Gasteiger partial charge in [-0.15, -0.1) is 12.4 Å². The van der Waals surface area contributed by atoms with E-state index in [0.29, 0.717) is 0 Å². The fourth-order valence-electron chi connectivity index (χ4n) is 1.02. The highest BCUT2D eigenvalue weighted by Crippen LogP contribution is 2.34. The molecule has 1 atom stereocenters. The lowest BCUT2D eigenvalue weighted by Gasteiger charge is -2.04. The minimum atomic E-state index is 0. The van der Waals surface area contributed by atoms with Crippen molar-refractivity contribution in [3.63, 3.8) is 0 Å². The molecule has 1 aliphatic rings. The Morgan fingerprint density at radius 1 is 1.56 bits per heavy atom. The number of nitrogens with two attached hydrogens (primary N) is 1. The van der Waals surface area contributed by atoms with Gasteiger partial charge >= 0.3 is 0 Å². The van der Waals surface area contributed by atoms with Gasteiger partial charge in [-0.05, 0) is 24.8 Å². The summed E-state index contributed by atoms with van der Waals surface area (Å²) in [7, 11) is 0. The quantitative estimate of drug-likeness (QED) is 0.651. The molecule has 1 nitrogen and oxygen atoms in total. The highest BCUT2D eigenvalue weighted by molar-refractivity contribution is 5.85. The lowest BCUT2D eigenvalue weighted by molar-refractivity contribution is 0.507. The number of hydrogen-bond acceptors (Lipinski definition) is 1. The van der Waals surface area contributed by atoms with Gasteiger partial charge in [-0.1, -0.05) is 19.8 Å². The summed E-state index contributed by atoms with van der Waals surface area (Å²) in [5.74, 6) is 1.82. The van der Waals surface area contributed by atoms with Gasteiger partial charge in [0.25, 0.3) is 0 Å². The molecule has 1 saturated carbocycles. The van der Waals surface area contributed by atoms with Crippen LogP contribution in [0.25, 0.3) is 0 Å². The Morgan fingerprint density at radius 3 is 2.44 bits per heavy atom. The maximum Gasteiger partial charge on any atom is -0.00514 e. The summed E-state index contributed by atoms with van der Waals surface area (Å²) in [5, 5.41) is 0. The zero-order chi connectivity index (χ0) is 5.98. The number of rotatable bonds is 3. The van der Waals surface area contributed by atoms with Crippen LogP contribution in [0.15, 0.2) is 0 Å². The Kier molecular flexibility index (Phi) is 4.24. The van der Waals surface area contributed by atoms with Crippen LogP contribution >= 0.6 is 12.4 Å². The number of halogens is 1. The van der Waals surface area contributed by atoms with Crippen LogP contribution in [0.3, 0.4) is 0 Å². The van der Waals surface area contributed by atoms with E-state index in [1.807, 2.05) is 0 Å². The molecule has 9 heavy (non-hydrogen) atoms. The van der Waals surface area contributed by atoms with Gasteiger partial charge in [0, 0.05) is 0 Å². The van der Waals surface area contributed by atoms with Crippen molar-refractivity contribution in [1.29, 1.82) is 0 Å². The highest BCUT2D eigenvalue weighted by atomic mass is 35.5. The molecule has 56 valence electrons. The van der Waals surface area contributed by atoms with Crippen molar-refractivity contribution < 1.29 is 0 Å². The largest absolute Gasteiger partial charge is 0.330 e. The van der Waals surface area contributed by atoms with Crippen LogP contribution in [0.2, 0.25) is 0 Å². The van der Waals surface area contributed by atoms with E-state index in [1.54, 1.807) is 0 Å². The molecule has 1 unspecified atom stereocenters. The zero-order valence-corrected chi connectivity index (χ0v) is 6.79. The van der Waals surface area contributed by atoms with E-state index in [4.69, 9.17) is 5.73 Å². The Labute approximate surface area is 63.4 Å². The highest BCUT2D eigenvalue weighted by Gasteiger charge is 2.22. The molecule has 2 heteroatoms. The van der Waals surface area contributed by atoms with Crippen LogP contribution in [0.1, 0.15) is 26.2 Å². The molecule has 0 radical (unpaired) electrons. The second-order valence-corrected chi connectivity index (χ2v) is 3.02. The average Bonchev–Trinajstić information content (AvgIpc) is 2.50. The van der Waals surface area contributed by atoms with Crippen molar-refractivity contribution >= 4 is 12.4 Å². The van der Waals surface area contributed by atoms with Crippen molar-refractivity contribution in [3.05, 3.63) is 0 Å². The zero-order valence-electron chi connectivity index (χ0n) is 5.97. The maximum absolute atomic E-state index is 5.45. The molecule has 1 aliphatic carbocycles. The van der Waals surface area contributed by atoms with E-state index in [9.17, 15) is 0 Å². The van der Waals surface area contributed by atoms with Crippen molar-refractivity contribution in [2.45, 2.75) is 26.2 Å². The molecule has 1 fully saturated rings. The van der Waals surface area contributed by atoms with Gasteiger partial charge in [-0.2, -0.15) is 0 Å². The molecule has 0 aromatic heterocycles. The summed E-state index contributed by atoms with van der Waals surface area (Å²) < 4.78 is 0. The van der Waals surface area contributed by atoms with Crippen LogP contribution in [0.4, 0.5) is 0 Å². The van der Waals surface area contributed by atoms with Gasteiger partial charge in [0.2, 0.25) is 0 Å². The molecular weight excluding hydrogens is 134 g/mol. The van der Waals surface area contributed by atoms with Crippen molar-refractivity contribution in [1.82, 2.24) is 0 Å². The van der Waals surface area contributed by atoms with E-state index in [2.05, 4.69) is 6.92 Å². The fraction of sp³-hybridized carbons (Fsp3) is 1.00. The minimum absolute atomic E-state index is 0. The number of hydrogen-bond donors (Lipinski definition) is 1. The van der Waals surface area contributed by atoms with Gasteiger partial charge in [-0.25, -0.2) is 0 Å². The molecule has 0 spiro atoms. The predicted molar refractivity (Wildman–Crippen MR) is 42.8 cm³/mol. The van der Waals surface area contributed by atoms with Crippen molar-refractivity contribution in [2.24, 2.45) is 17.6 Å². The average molecular weight is 150 g/mol. The first kappa shape index (κ1) is 9.25. The topological polar surface area (TPSA) is 26.0 Å². The molecule has 1 rings (SSSR count). The van der Waals surface area contributed by atoms with E-state index < -0.39 is 0 Å². The molecule has 0 aromatic rings. The Bertz CT molecular complexity index is 71.3. The fourth-order valence-corrected chi connectivity index (χ4v) is 1.02. The Balaban J connectivity index is 0.000000640. The smallest absolute Gasteiger partial charge is 0.00514 e. The standard InChI is InChI=1S/C7H15N.ClH/c1-6(5-8)4-7-2-3-7;/h6-7H,2-5,8H2,1H3;1H. The second kappa shape index (κ2) is 4.13. The van der Waals surface area contributed by atoms with Gasteiger partial charge < -0.3 is 5.73 Å². The van der Waals surface area contributed by atoms with Crippen LogP contribution in [-0.4, -0.2) is 6.54 Å². The van der Waals surface area contributed by atoms with Gasteiger partial charge in [0.05, 0.1) is 0 Å². The molecule has 2 N–H and O–H groups in total. The SMILES string of the molecule is CC(CN)CC1CC1.Cl. The monoisotopic (exact) mass is 149 g/mol. The van der Waals surface area contributed by atoms with Gasteiger partial charge in [-0.3, -0.25) is 0 Å². The van der Waals surface area contributed by atoms with E-state index >= 15 is 0 Å². The molecule has 0 bridgehead atoms. The third kappa shape index (κ3) is 3.77. The van der Waals surface area contributed by atoms with Gasteiger partial charge in [0.1, 0.15) is 0 Å². The summed E-state index contributed by atoms with van der Waals surface area (Å²) >= 11 is 0. The Hall–Kier alpha value is 0.250. The van der Waals surface area contributed by atoms with Crippen LogP contribution < -0.4 is 5.73 Å². The van der Waals surface area contributed by atoms with Crippen LogP contribution in [-0.2, 0) is 0 Å². The maximum atomic E-state index is 5.45. The summed E-state index contributed by atoms with van der Waals surface area (Å²) in [6, 6.07) is 0. The lowest BCUT2D eigenvalue weighted by Crippen LogP contribution is -2.10. The van der Waals surface area contributed by atoms with Crippen molar-refractivity contribution in [3.8, 4) is 0 Å². The van der Waals surface area contributed by atoms with Crippen LogP contribution in [0, 0.1) is 11.8 Å². The summed E-state index contributed by atoms with van der Waals surface area (Å²) in [6.07, 6.45) is 4.30. The van der Waals surface area contributed by atoms with E-state index in [-0.39, 0.29) is 12.4 Å². The second-order valence-electron chi connectivity index (χ2n) is 3.02. The molecule has 0 saturated heterocycles. The van der Waals surface area contributed by atoms with E-state index in [0.717, 1.165) is 18.4 Å². The third-order valence-corrected chi connectivity index (χ3v) is 1.83. The normalized spacial score (nSPS) is 20.7.